The van der Waals surface area contributed by atoms with E-state index in [-0.39, 0.29) is 0 Å². The van der Waals surface area contributed by atoms with Gasteiger partial charge >= 0.3 is 0 Å². The Labute approximate surface area is 201 Å². The van der Waals surface area contributed by atoms with E-state index in [2.05, 4.69) is 30.2 Å². The molecule has 33 heavy (non-hydrogen) atoms. The quantitative estimate of drug-likeness (QED) is 0.385. The maximum Gasteiger partial charge on any atom is 0.249 e. The van der Waals surface area contributed by atoms with Crippen molar-refractivity contribution >= 4 is 23.2 Å². The SMILES string of the molecule is Clc1ccccc1-c1nnc(CN2CCCN(Cc3nnc(-c4ccccc4Cl)o3)CC2)o1. The van der Waals surface area contributed by atoms with Crippen molar-refractivity contribution in [1.29, 1.82) is 0 Å². The number of aromatic nitrogens is 4. The number of hydrogen-bond donors (Lipinski definition) is 0. The average Bonchev–Trinajstić information content (AvgIpc) is 3.41. The first-order valence-electron chi connectivity index (χ1n) is 10.7. The number of halogens is 2. The minimum absolute atomic E-state index is 0.442. The van der Waals surface area contributed by atoms with Crippen LogP contribution in [-0.2, 0) is 13.1 Å². The second kappa shape index (κ2) is 10.0. The molecule has 170 valence electrons. The highest BCUT2D eigenvalue weighted by molar-refractivity contribution is 6.33. The lowest BCUT2D eigenvalue weighted by molar-refractivity contribution is 0.222. The highest BCUT2D eigenvalue weighted by Crippen LogP contribution is 2.27. The van der Waals surface area contributed by atoms with Gasteiger partial charge in [-0.2, -0.15) is 0 Å². The van der Waals surface area contributed by atoms with Gasteiger partial charge in [-0.3, -0.25) is 9.80 Å². The van der Waals surface area contributed by atoms with E-state index >= 15 is 0 Å². The van der Waals surface area contributed by atoms with Crippen molar-refractivity contribution in [2.75, 3.05) is 26.2 Å². The Kier molecular flexibility index (Phi) is 6.68. The van der Waals surface area contributed by atoms with Crippen LogP contribution in [0.3, 0.4) is 0 Å². The first-order valence-corrected chi connectivity index (χ1v) is 11.5. The van der Waals surface area contributed by atoms with Gasteiger partial charge in [-0.05, 0) is 43.8 Å². The lowest BCUT2D eigenvalue weighted by Crippen LogP contribution is -2.30. The Bertz CT molecular complexity index is 1130. The molecule has 3 heterocycles. The Morgan fingerprint density at radius 2 is 1.09 bits per heavy atom. The van der Waals surface area contributed by atoms with E-state index in [1.807, 2.05) is 48.5 Å². The largest absolute Gasteiger partial charge is 0.419 e. The van der Waals surface area contributed by atoms with Crippen LogP contribution in [0.4, 0.5) is 0 Å². The summed E-state index contributed by atoms with van der Waals surface area (Å²) in [5.74, 6) is 2.05. The topological polar surface area (TPSA) is 84.3 Å². The highest BCUT2D eigenvalue weighted by atomic mass is 35.5. The van der Waals surface area contributed by atoms with Crippen molar-refractivity contribution < 1.29 is 8.83 Å². The zero-order valence-electron chi connectivity index (χ0n) is 17.8. The van der Waals surface area contributed by atoms with E-state index < -0.39 is 0 Å². The number of rotatable bonds is 6. The average molecular weight is 485 g/mol. The summed E-state index contributed by atoms with van der Waals surface area (Å²) in [5.41, 5.74) is 1.49. The van der Waals surface area contributed by atoms with Crippen LogP contribution in [-0.4, -0.2) is 56.4 Å². The van der Waals surface area contributed by atoms with Gasteiger partial charge in [-0.1, -0.05) is 47.5 Å². The summed E-state index contributed by atoms with van der Waals surface area (Å²) >= 11 is 12.5. The molecule has 1 aliphatic rings. The molecule has 10 heteroatoms. The molecule has 0 amide bonds. The van der Waals surface area contributed by atoms with Crippen LogP contribution >= 0.6 is 23.2 Å². The van der Waals surface area contributed by atoms with Gasteiger partial charge in [0.2, 0.25) is 23.6 Å². The monoisotopic (exact) mass is 484 g/mol. The molecule has 1 saturated heterocycles. The molecule has 0 aliphatic carbocycles. The molecule has 0 N–H and O–H groups in total. The Hall–Kier alpha value is -2.78. The molecule has 0 atom stereocenters. The van der Waals surface area contributed by atoms with Crippen LogP contribution in [0.2, 0.25) is 10.0 Å². The summed E-state index contributed by atoms with van der Waals surface area (Å²) in [4.78, 5) is 4.62. The van der Waals surface area contributed by atoms with Crippen molar-refractivity contribution in [2.45, 2.75) is 19.5 Å². The maximum atomic E-state index is 6.24. The number of nitrogens with zero attached hydrogens (tertiary/aromatic N) is 6. The molecule has 0 spiro atoms. The maximum absolute atomic E-state index is 6.24. The van der Waals surface area contributed by atoms with Crippen LogP contribution in [0.5, 0.6) is 0 Å². The summed E-state index contributed by atoms with van der Waals surface area (Å²) < 4.78 is 11.7. The number of hydrogen-bond acceptors (Lipinski definition) is 8. The van der Waals surface area contributed by atoms with Crippen LogP contribution in [0.1, 0.15) is 18.2 Å². The number of benzene rings is 2. The first-order chi connectivity index (χ1) is 16.2. The molecule has 0 unspecified atom stereocenters. The van der Waals surface area contributed by atoms with E-state index in [0.717, 1.165) is 43.7 Å². The molecule has 2 aromatic heterocycles. The Morgan fingerprint density at radius 3 is 1.55 bits per heavy atom. The molecule has 0 radical (unpaired) electrons. The van der Waals surface area contributed by atoms with Gasteiger partial charge < -0.3 is 8.83 Å². The third-order valence-electron chi connectivity index (χ3n) is 5.54. The van der Waals surface area contributed by atoms with Gasteiger partial charge in [-0.25, -0.2) is 0 Å². The van der Waals surface area contributed by atoms with E-state index in [1.54, 1.807) is 0 Å². The van der Waals surface area contributed by atoms with Crippen LogP contribution in [0.25, 0.3) is 22.9 Å². The molecule has 1 fully saturated rings. The molecule has 1 aliphatic heterocycles. The summed E-state index contributed by atoms with van der Waals surface area (Å²) in [6.07, 6.45) is 1.01. The van der Waals surface area contributed by atoms with E-state index in [4.69, 9.17) is 32.0 Å². The van der Waals surface area contributed by atoms with Crippen molar-refractivity contribution in [2.24, 2.45) is 0 Å². The lowest BCUT2D eigenvalue weighted by Gasteiger charge is -2.19. The summed E-state index contributed by atoms with van der Waals surface area (Å²) in [6.45, 7) is 4.82. The predicted molar refractivity (Wildman–Crippen MR) is 125 cm³/mol. The van der Waals surface area contributed by atoms with Gasteiger partial charge in [0.25, 0.3) is 0 Å². The Balaban J connectivity index is 1.17. The minimum Gasteiger partial charge on any atom is -0.419 e. The summed E-state index contributed by atoms with van der Waals surface area (Å²) in [6, 6.07) is 14.9. The summed E-state index contributed by atoms with van der Waals surface area (Å²) in [5, 5.41) is 17.9. The lowest BCUT2D eigenvalue weighted by atomic mass is 10.2. The van der Waals surface area contributed by atoms with Gasteiger partial charge in [0.05, 0.1) is 34.3 Å². The van der Waals surface area contributed by atoms with Crippen molar-refractivity contribution in [3.63, 3.8) is 0 Å². The fourth-order valence-electron chi connectivity index (χ4n) is 3.85. The fraction of sp³-hybridized carbons (Fsp3) is 0.304. The van der Waals surface area contributed by atoms with Gasteiger partial charge in [0, 0.05) is 13.1 Å². The van der Waals surface area contributed by atoms with Gasteiger partial charge in [0.1, 0.15) is 0 Å². The Morgan fingerprint density at radius 1 is 0.636 bits per heavy atom. The third-order valence-corrected chi connectivity index (χ3v) is 6.20. The molecular weight excluding hydrogens is 463 g/mol. The van der Waals surface area contributed by atoms with Crippen molar-refractivity contribution in [3.05, 3.63) is 70.4 Å². The first kappa shape index (κ1) is 22.0. The predicted octanol–water partition coefficient (Wildman–Crippen LogP) is 4.80. The molecule has 5 rings (SSSR count). The van der Waals surface area contributed by atoms with Crippen LogP contribution in [0, 0.1) is 0 Å². The molecule has 4 aromatic rings. The zero-order valence-corrected chi connectivity index (χ0v) is 19.3. The summed E-state index contributed by atoms with van der Waals surface area (Å²) in [7, 11) is 0. The van der Waals surface area contributed by atoms with E-state index in [9.17, 15) is 0 Å². The molecule has 2 aromatic carbocycles. The molecule has 8 nitrogen and oxygen atoms in total. The smallest absolute Gasteiger partial charge is 0.249 e. The van der Waals surface area contributed by atoms with E-state index in [0.29, 0.717) is 46.7 Å². The van der Waals surface area contributed by atoms with Gasteiger partial charge in [0.15, 0.2) is 0 Å². The second-order valence-corrected chi connectivity index (χ2v) is 8.68. The van der Waals surface area contributed by atoms with Gasteiger partial charge in [-0.15, -0.1) is 20.4 Å². The fourth-order valence-corrected chi connectivity index (χ4v) is 4.28. The van der Waals surface area contributed by atoms with E-state index in [1.165, 1.54) is 0 Å². The highest BCUT2D eigenvalue weighted by Gasteiger charge is 2.20. The second-order valence-electron chi connectivity index (χ2n) is 7.87. The standard InChI is InChI=1S/C23H22Cl2N6O2/c24-18-8-3-1-6-16(18)22-28-26-20(32-22)14-30-10-5-11-31(13-12-30)15-21-27-29-23(33-21)17-7-2-4-9-19(17)25/h1-4,6-9H,5,10-15H2. The van der Waals surface area contributed by atoms with Crippen LogP contribution < -0.4 is 0 Å². The molecule has 0 bridgehead atoms. The minimum atomic E-state index is 0.442. The van der Waals surface area contributed by atoms with Crippen LogP contribution in [0.15, 0.2) is 57.4 Å². The molecular formula is C23H22Cl2N6O2. The van der Waals surface area contributed by atoms with Crippen molar-refractivity contribution in [1.82, 2.24) is 30.2 Å². The normalized spacial score (nSPS) is 15.6. The van der Waals surface area contributed by atoms with Crippen molar-refractivity contribution in [3.8, 4) is 22.9 Å². The zero-order chi connectivity index (χ0) is 22.6. The molecule has 0 saturated carbocycles. The third kappa shape index (κ3) is 5.25.